The third kappa shape index (κ3) is 2.77. The monoisotopic (exact) mass is 223 g/mol. The number of anilines is 1. The molecule has 92 valence electrons. The predicted molar refractivity (Wildman–Crippen MR) is 69.6 cm³/mol. The number of nitrogen functional groups attached to an aromatic ring is 1. The fourth-order valence-corrected chi connectivity index (χ4v) is 2.14. The summed E-state index contributed by atoms with van der Waals surface area (Å²) in [6.07, 6.45) is 4.70. The molecule has 0 saturated heterocycles. The lowest BCUT2D eigenvalue weighted by atomic mass is 10.0. The van der Waals surface area contributed by atoms with Gasteiger partial charge in [-0.15, -0.1) is 0 Å². The highest BCUT2D eigenvalue weighted by Gasteiger charge is 2.16. The lowest BCUT2D eigenvalue weighted by Crippen LogP contribution is -2.06. The maximum atomic E-state index is 6.18. The second-order valence-electron chi connectivity index (χ2n) is 4.62. The molecule has 1 rings (SSSR count). The molecular weight excluding hydrogens is 198 g/mol. The van der Waals surface area contributed by atoms with Crippen molar-refractivity contribution in [3.05, 3.63) is 11.5 Å². The third-order valence-corrected chi connectivity index (χ3v) is 3.15. The molecule has 0 aliphatic carbocycles. The van der Waals surface area contributed by atoms with Crippen molar-refractivity contribution in [2.45, 2.75) is 65.8 Å². The highest BCUT2D eigenvalue weighted by Crippen LogP contribution is 2.26. The van der Waals surface area contributed by atoms with Crippen LogP contribution in [0, 0.1) is 6.92 Å². The summed E-state index contributed by atoms with van der Waals surface area (Å²) in [5.41, 5.74) is 7.27. The molecule has 3 heteroatoms. The Kier molecular flexibility index (Phi) is 4.84. The van der Waals surface area contributed by atoms with Crippen molar-refractivity contribution in [1.29, 1.82) is 0 Å². The number of nitrogens with zero attached hydrogens (tertiary/aromatic N) is 2. The number of imidazole rings is 1. The minimum Gasteiger partial charge on any atom is -0.384 e. The Labute approximate surface area is 99.1 Å². The van der Waals surface area contributed by atoms with Crippen LogP contribution in [-0.2, 0) is 6.54 Å². The standard InChI is InChI=1S/C13H25N3/c1-5-7-9-16-11(4)15-12(13(16)14)10(3)8-6-2/h10H,5-9,14H2,1-4H3. The molecule has 0 aliphatic rings. The molecule has 1 aromatic rings. The van der Waals surface area contributed by atoms with Crippen LogP contribution < -0.4 is 5.73 Å². The number of aryl methyl sites for hydroxylation is 1. The third-order valence-electron chi connectivity index (χ3n) is 3.15. The summed E-state index contributed by atoms with van der Waals surface area (Å²) in [6.45, 7) is 9.66. The minimum atomic E-state index is 0.478. The van der Waals surface area contributed by atoms with Crippen LogP contribution in [0.2, 0.25) is 0 Å². The van der Waals surface area contributed by atoms with E-state index < -0.39 is 0 Å². The molecule has 3 nitrogen and oxygen atoms in total. The Bertz CT molecular complexity index is 328. The number of hydrogen-bond acceptors (Lipinski definition) is 2. The Hall–Kier alpha value is -0.990. The van der Waals surface area contributed by atoms with Gasteiger partial charge >= 0.3 is 0 Å². The van der Waals surface area contributed by atoms with Gasteiger partial charge in [0.05, 0.1) is 5.69 Å². The van der Waals surface area contributed by atoms with Gasteiger partial charge < -0.3 is 10.3 Å². The molecule has 1 heterocycles. The van der Waals surface area contributed by atoms with Gasteiger partial charge in [0, 0.05) is 12.5 Å². The number of rotatable bonds is 6. The quantitative estimate of drug-likeness (QED) is 0.802. The molecule has 0 saturated carbocycles. The summed E-state index contributed by atoms with van der Waals surface area (Å²) in [4.78, 5) is 4.62. The summed E-state index contributed by atoms with van der Waals surface area (Å²) < 4.78 is 2.16. The highest BCUT2D eigenvalue weighted by molar-refractivity contribution is 5.40. The van der Waals surface area contributed by atoms with Gasteiger partial charge in [-0.25, -0.2) is 4.98 Å². The van der Waals surface area contributed by atoms with Gasteiger partial charge in [-0.05, 0) is 19.8 Å². The molecule has 2 N–H and O–H groups in total. The second kappa shape index (κ2) is 5.92. The first-order valence-electron chi connectivity index (χ1n) is 6.44. The molecule has 0 aromatic carbocycles. The van der Waals surface area contributed by atoms with E-state index in [0.29, 0.717) is 5.92 Å². The molecular formula is C13H25N3. The molecule has 0 bridgehead atoms. The molecule has 0 radical (unpaired) electrons. The summed E-state index contributed by atoms with van der Waals surface area (Å²) in [5.74, 6) is 2.42. The van der Waals surface area contributed by atoms with Crippen molar-refractivity contribution in [2.75, 3.05) is 5.73 Å². The summed E-state index contributed by atoms with van der Waals surface area (Å²) >= 11 is 0. The topological polar surface area (TPSA) is 43.8 Å². The molecule has 1 aromatic heterocycles. The van der Waals surface area contributed by atoms with Crippen LogP contribution in [-0.4, -0.2) is 9.55 Å². The first-order chi connectivity index (χ1) is 7.61. The summed E-state index contributed by atoms with van der Waals surface area (Å²) in [7, 11) is 0. The smallest absolute Gasteiger partial charge is 0.127 e. The Morgan fingerprint density at radius 1 is 1.31 bits per heavy atom. The van der Waals surface area contributed by atoms with Gasteiger partial charge in [-0.2, -0.15) is 0 Å². The number of nitrogens with two attached hydrogens (primary N) is 1. The zero-order chi connectivity index (χ0) is 12.1. The molecule has 0 aliphatic heterocycles. The van der Waals surface area contributed by atoms with Gasteiger partial charge in [0.1, 0.15) is 11.6 Å². The van der Waals surface area contributed by atoms with E-state index in [1.807, 2.05) is 6.92 Å². The van der Waals surface area contributed by atoms with Crippen molar-refractivity contribution in [3.8, 4) is 0 Å². The van der Waals surface area contributed by atoms with Crippen LogP contribution in [0.5, 0.6) is 0 Å². The van der Waals surface area contributed by atoms with Crippen LogP contribution in [0.3, 0.4) is 0 Å². The molecule has 16 heavy (non-hydrogen) atoms. The Morgan fingerprint density at radius 2 is 2.00 bits per heavy atom. The molecule has 1 atom stereocenters. The van der Waals surface area contributed by atoms with Crippen LogP contribution in [0.4, 0.5) is 5.82 Å². The predicted octanol–water partition coefficient (Wildman–Crippen LogP) is 3.48. The van der Waals surface area contributed by atoms with Gasteiger partial charge in [-0.1, -0.05) is 33.6 Å². The number of aromatic nitrogens is 2. The van der Waals surface area contributed by atoms with Crippen LogP contribution in [0.15, 0.2) is 0 Å². The fraction of sp³-hybridized carbons (Fsp3) is 0.769. The van der Waals surface area contributed by atoms with E-state index in [2.05, 4.69) is 30.3 Å². The van der Waals surface area contributed by atoms with E-state index in [1.165, 1.54) is 19.3 Å². The molecule has 0 amide bonds. The van der Waals surface area contributed by atoms with Crippen LogP contribution in [0.25, 0.3) is 0 Å². The lowest BCUT2D eigenvalue weighted by Gasteiger charge is -2.09. The SMILES string of the molecule is CCCCn1c(C)nc(C(C)CCC)c1N. The van der Waals surface area contributed by atoms with Crippen molar-refractivity contribution in [3.63, 3.8) is 0 Å². The maximum absolute atomic E-state index is 6.18. The van der Waals surface area contributed by atoms with E-state index in [-0.39, 0.29) is 0 Å². The highest BCUT2D eigenvalue weighted by atomic mass is 15.1. The van der Waals surface area contributed by atoms with Crippen molar-refractivity contribution < 1.29 is 0 Å². The summed E-state index contributed by atoms with van der Waals surface area (Å²) in [5, 5.41) is 0. The molecule has 1 unspecified atom stereocenters. The zero-order valence-electron chi connectivity index (χ0n) is 11.1. The van der Waals surface area contributed by atoms with Gasteiger partial charge in [-0.3, -0.25) is 0 Å². The van der Waals surface area contributed by atoms with Gasteiger partial charge in [0.25, 0.3) is 0 Å². The van der Waals surface area contributed by atoms with E-state index in [0.717, 1.165) is 30.3 Å². The minimum absolute atomic E-state index is 0.478. The normalized spacial score (nSPS) is 13.0. The Morgan fingerprint density at radius 3 is 2.56 bits per heavy atom. The largest absolute Gasteiger partial charge is 0.384 e. The van der Waals surface area contributed by atoms with Gasteiger partial charge in [0.15, 0.2) is 0 Å². The molecule has 0 fully saturated rings. The number of hydrogen-bond donors (Lipinski definition) is 1. The average molecular weight is 223 g/mol. The maximum Gasteiger partial charge on any atom is 0.127 e. The first kappa shape index (κ1) is 13.1. The van der Waals surface area contributed by atoms with E-state index in [4.69, 9.17) is 5.73 Å². The average Bonchev–Trinajstić information content (AvgIpc) is 2.53. The van der Waals surface area contributed by atoms with E-state index in [1.54, 1.807) is 0 Å². The fourth-order valence-electron chi connectivity index (χ4n) is 2.14. The van der Waals surface area contributed by atoms with Crippen LogP contribution >= 0.6 is 0 Å². The van der Waals surface area contributed by atoms with E-state index >= 15 is 0 Å². The van der Waals surface area contributed by atoms with Crippen LogP contribution in [0.1, 0.15) is 63.9 Å². The number of unbranched alkanes of at least 4 members (excludes halogenated alkanes) is 1. The van der Waals surface area contributed by atoms with Crippen molar-refractivity contribution in [1.82, 2.24) is 9.55 Å². The van der Waals surface area contributed by atoms with Crippen molar-refractivity contribution >= 4 is 5.82 Å². The zero-order valence-corrected chi connectivity index (χ0v) is 11.1. The second-order valence-corrected chi connectivity index (χ2v) is 4.62. The molecule has 0 spiro atoms. The van der Waals surface area contributed by atoms with Crippen molar-refractivity contribution in [2.24, 2.45) is 0 Å². The van der Waals surface area contributed by atoms with Gasteiger partial charge in [0.2, 0.25) is 0 Å². The first-order valence-corrected chi connectivity index (χ1v) is 6.44. The summed E-state index contributed by atoms with van der Waals surface area (Å²) in [6, 6.07) is 0. The van der Waals surface area contributed by atoms with E-state index in [9.17, 15) is 0 Å². The lowest BCUT2D eigenvalue weighted by molar-refractivity contribution is 0.621. The Balaban J connectivity index is 2.87.